The minimum atomic E-state index is -0.358. The van der Waals surface area contributed by atoms with Gasteiger partial charge in [0.15, 0.2) is 0 Å². The Balaban J connectivity index is 1.91. The molecule has 1 heterocycles. The van der Waals surface area contributed by atoms with Crippen molar-refractivity contribution in [3.8, 4) is 0 Å². The number of halogens is 1. The molecule has 0 aliphatic carbocycles. The molecule has 0 fully saturated rings. The quantitative estimate of drug-likeness (QED) is 0.645. The van der Waals surface area contributed by atoms with Gasteiger partial charge in [-0.25, -0.2) is 5.43 Å². The fourth-order valence-electron chi connectivity index (χ4n) is 1.92. The molecule has 2 aromatic rings. The van der Waals surface area contributed by atoms with Crippen LogP contribution in [0.4, 0.5) is 5.69 Å². The zero-order valence-electron chi connectivity index (χ0n) is 13.3. The molecule has 1 aromatic carbocycles. The summed E-state index contributed by atoms with van der Waals surface area (Å²) in [6, 6.07) is 8.45. The molecule has 0 aliphatic rings. The molecule has 2 rings (SSSR count). The highest BCUT2D eigenvalue weighted by Crippen LogP contribution is 2.22. The number of hydrogen-bond acceptors (Lipinski definition) is 4. The van der Waals surface area contributed by atoms with Gasteiger partial charge in [0.1, 0.15) is 0 Å². The number of benzene rings is 1. The molecule has 2 N–H and O–H groups in total. The van der Waals surface area contributed by atoms with E-state index in [1.54, 1.807) is 37.3 Å². The molecule has 2 amide bonds. The first kappa shape index (κ1) is 17.6. The van der Waals surface area contributed by atoms with E-state index in [9.17, 15) is 9.59 Å². The van der Waals surface area contributed by atoms with Crippen LogP contribution >= 0.6 is 11.6 Å². The van der Waals surface area contributed by atoms with E-state index in [0.717, 1.165) is 5.56 Å². The van der Waals surface area contributed by atoms with Crippen molar-refractivity contribution in [3.63, 3.8) is 0 Å². The lowest BCUT2D eigenvalue weighted by molar-refractivity contribution is -0.115. The summed E-state index contributed by atoms with van der Waals surface area (Å²) in [5, 5.41) is 7.29. The molecule has 7 heteroatoms. The number of amides is 2. The minimum absolute atomic E-state index is 0.0581. The van der Waals surface area contributed by atoms with E-state index in [1.165, 1.54) is 12.4 Å². The summed E-state index contributed by atoms with van der Waals surface area (Å²) in [4.78, 5) is 27.7. The topological polar surface area (TPSA) is 83.5 Å². The van der Waals surface area contributed by atoms with Crippen LogP contribution < -0.4 is 10.7 Å². The van der Waals surface area contributed by atoms with Crippen molar-refractivity contribution in [2.24, 2.45) is 5.10 Å². The van der Waals surface area contributed by atoms with E-state index in [4.69, 9.17) is 11.6 Å². The van der Waals surface area contributed by atoms with Crippen molar-refractivity contribution >= 4 is 34.8 Å². The number of anilines is 1. The van der Waals surface area contributed by atoms with E-state index in [1.807, 2.05) is 6.92 Å². The Hall–Kier alpha value is -2.73. The highest BCUT2D eigenvalue weighted by atomic mass is 35.5. The van der Waals surface area contributed by atoms with E-state index < -0.39 is 0 Å². The predicted octanol–water partition coefficient (Wildman–Crippen LogP) is 3.18. The average Bonchev–Trinajstić information content (AvgIpc) is 2.57. The van der Waals surface area contributed by atoms with Crippen LogP contribution in [0.25, 0.3) is 0 Å². The van der Waals surface area contributed by atoms with Gasteiger partial charge in [0.25, 0.3) is 5.91 Å². The van der Waals surface area contributed by atoms with Crippen LogP contribution in [0.3, 0.4) is 0 Å². The van der Waals surface area contributed by atoms with E-state index >= 15 is 0 Å². The Labute approximate surface area is 144 Å². The summed E-state index contributed by atoms with van der Waals surface area (Å²) in [5.74, 6) is -0.595. The van der Waals surface area contributed by atoms with Gasteiger partial charge in [0.2, 0.25) is 5.91 Å². The smallest absolute Gasteiger partial charge is 0.271 e. The zero-order chi connectivity index (χ0) is 17.5. The maximum atomic E-state index is 12.0. The molecular weight excluding hydrogens is 328 g/mol. The third-order valence-corrected chi connectivity index (χ3v) is 3.66. The number of nitrogens with zero attached hydrogens (tertiary/aromatic N) is 2. The Morgan fingerprint density at radius 3 is 2.62 bits per heavy atom. The van der Waals surface area contributed by atoms with Crippen LogP contribution in [0, 0.1) is 6.92 Å². The number of hydrazone groups is 1. The molecule has 0 spiro atoms. The van der Waals surface area contributed by atoms with Gasteiger partial charge in [0.05, 0.1) is 6.42 Å². The fraction of sp³-hybridized carbons (Fsp3) is 0.176. The van der Waals surface area contributed by atoms with Crippen molar-refractivity contribution in [2.45, 2.75) is 20.3 Å². The monoisotopic (exact) mass is 344 g/mol. The number of pyridine rings is 1. The first-order valence-electron chi connectivity index (χ1n) is 7.26. The lowest BCUT2D eigenvalue weighted by Gasteiger charge is -2.09. The molecule has 0 saturated carbocycles. The Morgan fingerprint density at radius 2 is 1.92 bits per heavy atom. The minimum Gasteiger partial charge on any atom is -0.325 e. The number of carbonyl (C=O) groups excluding carboxylic acids is 2. The van der Waals surface area contributed by atoms with Crippen LogP contribution in [-0.2, 0) is 4.79 Å². The molecule has 0 bridgehead atoms. The van der Waals surface area contributed by atoms with Crippen molar-refractivity contribution < 1.29 is 9.59 Å². The van der Waals surface area contributed by atoms with E-state index in [0.29, 0.717) is 22.0 Å². The Kier molecular flexibility index (Phi) is 6.03. The molecule has 6 nitrogen and oxygen atoms in total. The maximum Gasteiger partial charge on any atom is 0.271 e. The summed E-state index contributed by atoms with van der Waals surface area (Å²) >= 11 is 6.02. The zero-order valence-corrected chi connectivity index (χ0v) is 14.1. The van der Waals surface area contributed by atoms with Crippen molar-refractivity contribution in [2.75, 3.05) is 5.32 Å². The highest BCUT2D eigenvalue weighted by molar-refractivity contribution is 6.31. The second-order valence-electron chi connectivity index (χ2n) is 5.16. The van der Waals surface area contributed by atoms with Crippen LogP contribution in [0.15, 0.2) is 47.8 Å². The second-order valence-corrected chi connectivity index (χ2v) is 5.57. The van der Waals surface area contributed by atoms with Crippen LogP contribution in [0.5, 0.6) is 0 Å². The van der Waals surface area contributed by atoms with Gasteiger partial charge in [0, 0.05) is 34.4 Å². The average molecular weight is 345 g/mol. The third kappa shape index (κ3) is 4.89. The molecule has 124 valence electrons. The van der Waals surface area contributed by atoms with Crippen molar-refractivity contribution in [1.82, 2.24) is 10.4 Å². The SMILES string of the molecule is CC(CC(=O)Nc1cccc(Cl)c1C)=NNC(=O)c1ccncc1. The van der Waals surface area contributed by atoms with Gasteiger partial charge in [-0.05, 0) is 43.7 Å². The summed E-state index contributed by atoms with van der Waals surface area (Å²) in [6.07, 6.45) is 3.10. The third-order valence-electron chi connectivity index (χ3n) is 3.25. The molecular formula is C17H17ClN4O2. The van der Waals surface area contributed by atoms with Gasteiger partial charge in [-0.2, -0.15) is 5.10 Å². The predicted molar refractivity (Wildman–Crippen MR) is 94.2 cm³/mol. The molecule has 0 saturated heterocycles. The Bertz CT molecular complexity index is 775. The van der Waals surface area contributed by atoms with Gasteiger partial charge in [-0.3, -0.25) is 14.6 Å². The van der Waals surface area contributed by atoms with Gasteiger partial charge < -0.3 is 5.32 Å². The van der Waals surface area contributed by atoms with Crippen LogP contribution in [0.1, 0.15) is 29.3 Å². The molecule has 24 heavy (non-hydrogen) atoms. The standard InChI is InChI=1S/C17H17ClN4O2/c1-11(21-22-17(24)13-6-8-19-9-7-13)10-16(23)20-15-5-3-4-14(18)12(15)2/h3-9H,10H2,1-2H3,(H,20,23)(H,22,24). The van der Waals surface area contributed by atoms with E-state index in [2.05, 4.69) is 20.8 Å². The first-order valence-corrected chi connectivity index (χ1v) is 7.63. The normalized spacial score (nSPS) is 11.0. The summed E-state index contributed by atoms with van der Waals surface area (Å²) < 4.78 is 0. The summed E-state index contributed by atoms with van der Waals surface area (Å²) in [6.45, 7) is 3.49. The Morgan fingerprint density at radius 1 is 1.21 bits per heavy atom. The number of nitrogens with one attached hydrogen (secondary N) is 2. The molecule has 0 radical (unpaired) electrons. The molecule has 1 aromatic heterocycles. The maximum absolute atomic E-state index is 12.0. The number of carbonyl (C=O) groups is 2. The molecule has 0 unspecified atom stereocenters. The fourth-order valence-corrected chi connectivity index (χ4v) is 2.10. The van der Waals surface area contributed by atoms with Crippen molar-refractivity contribution in [1.29, 1.82) is 0 Å². The summed E-state index contributed by atoms with van der Waals surface area (Å²) in [7, 11) is 0. The van der Waals surface area contributed by atoms with E-state index in [-0.39, 0.29) is 18.2 Å². The number of aromatic nitrogens is 1. The van der Waals surface area contributed by atoms with Gasteiger partial charge in [-0.1, -0.05) is 17.7 Å². The van der Waals surface area contributed by atoms with Gasteiger partial charge in [-0.15, -0.1) is 0 Å². The second kappa shape index (κ2) is 8.21. The van der Waals surface area contributed by atoms with Gasteiger partial charge >= 0.3 is 0 Å². The molecule has 0 atom stereocenters. The van der Waals surface area contributed by atoms with Crippen LogP contribution in [-0.4, -0.2) is 22.5 Å². The lowest BCUT2D eigenvalue weighted by Crippen LogP contribution is -2.21. The lowest BCUT2D eigenvalue weighted by atomic mass is 10.2. The van der Waals surface area contributed by atoms with Crippen molar-refractivity contribution in [3.05, 3.63) is 58.9 Å². The number of hydrogen-bond donors (Lipinski definition) is 2. The largest absolute Gasteiger partial charge is 0.325 e. The first-order chi connectivity index (χ1) is 11.5. The molecule has 0 aliphatic heterocycles. The summed E-state index contributed by atoms with van der Waals surface area (Å²) in [5.41, 5.74) is 4.79. The highest BCUT2D eigenvalue weighted by Gasteiger charge is 2.09. The van der Waals surface area contributed by atoms with Crippen LogP contribution in [0.2, 0.25) is 5.02 Å². The number of rotatable bonds is 5.